The average Bonchev–Trinajstić information content (AvgIpc) is 3.32. The highest BCUT2D eigenvalue weighted by molar-refractivity contribution is 5.82. The van der Waals surface area contributed by atoms with Gasteiger partial charge in [0.1, 0.15) is 18.5 Å². The molecule has 1 aromatic rings. The van der Waals surface area contributed by atoms with E-state index in [-0.39, 0.29) is 18.6 Å². The Balaban J connectivity index is 1.48. The van der Waals surface area contributed by atoms with Crippen LogP contribution >= 0.6 is 0 Å². The molecule has 1 unspecified atom stereocenters. The Kier molecular flexibility index (Phi) is 8.40. The third-order valence-electron chi connectivity index (χ3n) is 5.34. The minimum atomic E-state index is -0.234. The Bertz CT molecular complexity index is 743. The summed E-state index contributed by atoms with van der Waals surface area (Å²) in [7, 11) is 0. The SMILES string of the molecule is C#CCOc1ccc(CCN=C(NCC)N2CCN(C(=O)C3CCCO3)CC2)cc1. The molecule has 1 amide bonds. The summed E-state index contributed by atoms with van der Waals surface area (Å²) in [6.45, 7) is 7.55. The maximum atomic E-state index is 12.5. The third kappa shape index (κ3) is 6.14. The Morgan fingerprint density at radius 3 is 2.63 bits per heavy atom. The van der Waals surface area contributed by atoms with E-state index in [1.165, 1.54) is 5.56 Å². The minimum absolute atomic E-state index is 0.142. The van der Waals surface area contributed by atoms with Gasteiger partial charge in [-0.15, -0.1) is 6.42 Å². The number of nitrogens with one attached hydrogen (secondary N) is 1. The second-order valence-corrected chi connectivity index (χ2v) is 7.44. The molecule has 1 atom stereocenters. The average molecular weight is 413 g/mol. The van der Waals surface area contributed by atoms with Crippen LogP contribution in [0.5, 0.6) is 5.75 Å². The Labute approximate surface area is 179 Å². The lowest BCUT2D eigenvalue weighted by atomic mass is 10.1. The van der Waals surface area contributed by atoms with Crippen molar-refractivity contribution in [3.8, 4) is 18.1 Å². The van der Waals surface area contributed by atoms with Crippen LogP contribution in [0.25, 0.3) is 0 Å². The molecule has 2 saturated heterocycles. The number of ether oxygens (including phenoxy) is 2. The Morgan fingerprint density at radius 1 is 1.27 bits per heavy atom. The van der Waals surface area contributed by atoms with Crippen molar-refractivity contribution in [2.75, 3.05) is 52.5 Å². The molecule has 0 aliphatic carbocycles. The minimum Gasteiger partial charge on any atom is -0.481 e. The first-order valence-corrected chi connectivity index (χ1v) is 10.8. The fraction of sp³-hybridized carbons (Fsp3) is 0.565. The van der Waals surface area contributed by atoms with Crippen LogP contribution in [-0.4, -0.2) is 80.3 Å². The van der Waals surface area contributed by atoms with E-state index in [1.807, 2.05) is 29.2 Å². The van der Waals surface area contributed by atoms with Gasteiger partial charge in [0.05, 0.1) is 0 Å². The molecule has 7 nitrogen and oxygen atoms in total. The van der Waals surface area contributed by atoms with Crippen molar-refractivity contribution >= 4 is 11.9 Å². The largest absolute Gasteiger partial charge is 0.481 e. The quantitative estimate of drug-likeness (QED) is 0.418. The molecule has 2 aliphatic heterocycles. The van der Waals surface area contributed by atoms with E-state index in [0.717, 1.165) is 50.6 Å². The van der Waals surface area contributed by atoms with Gasteiger partial charge in [0.2, 0.25) is 0 Å². The van der Waals surface area contributed by atoms with Crippen molar-refractivity contribution in [2.24, 2.45) is 4.99 Å². The maximum absolute atomic E-state index is 12.5. The molecule has 0 saturated carbocycles. The van der Waals surface area contributed by atoms with Crippen LogP contribution in [0.2, 0.25) is 0 Å². The summed E-state index contributed by atoms with van der Waals surface area (Å²) in [6, 6.07) is 7.96. The van der Waals surface area contributed by atoms with Crippen molar-refractivity contribution in [1.82, 2.24) is 15.1 Å². The zero-order chi connectivity index (χ0) is 21.2. The number of terminal acetylenes is 1. The highest BCUT2D eigenvalue weighted by Crippen LogP contribution is 2.16. The van der Waals surface area contributed by atoms with Gasteiger partial charge in [-0.2, -0.15) is 0 Å². The number of piperazine rings is 1. The van der Waals surface area contributed by atoms with Gasteiger partial charge < -0.3 is 24.6 Å². The number of amides is 1. The first kappa shape index (κ1) is 22.0. The summed E-state index contributed by atoms with van der Waals surface area (Å²) in [6.07, 6.45) is 7.65. The number of guanidine groups is 1. The number of hydrogen-bond acceptors (Lipinski definition) is 4. The molecular weight excluding hydrogens is 380 g/mol. The highest BCUT2D eigenvalue weighted by atomic mass is 16.5. The van der Waals surface area contributed by atoms with Crippen LogP contribution in [-0.2, 0) is 16.0 Å². The summed E-state index contributed by atoms with van der Waals surface area (Å²) in [4.78, 5) is 21.5. The molecule has 0 spiro atoms. The standard InChI is InChI=1S/C23H32N4O3/c1-3-17-29-20-9-7-19(8-10-20)11-12-25-23(24-4-2)27-15-13-26(14-16-27)22(28)21-6-5-18-30-21/h1,7-10,21H,4-6,11-18H2,2H3,(H,24,25). The molecule has 0 radical (unpaired) electrons. The molecule has 1 aromatic carbocycles. The highest BCUT2D eigenvalue weighted by Gasteiger charge is 2.30. The summed E-state index contributed by atoms with van der Waals surface area (Å²) >= 11 is 0. The first-order chi connectivity index (χ1) is 14.7. The van der Waals surface area contributed by atoms with Gasteiger partial charge in [0.15, 0.2) is 5.96 Å². The van der Waals surface area contributed by atoms with Crippen molar-refractivity contribution in [2.45, 2.75) is 32.3 Å². The summed E-state index contributed by atoms with van der Waals surface area (Å²) < 4.78 is 11.0. The maximum Gasteiger partial charge on any atom is 0.251 e. The van der Waals surface area contributed by atoms with Gasteiger partial charge in [-0.05, 0) is 43.9 Å². The molecule has 30 heavy (non-hydrogen) atoms. The smallest absolute Gasteiger partial charge is 0.251 e. The second-order valence-electron chi connectivity index (χ2n) is 7.44. The van der Waals surface area contributed by atoms with Gasteiger partial charge in [-0.25, -0.2) is 0 Å². The molecular formula is C23H32N4O3. The van der Waals surface area contributed by atoms with E-state index < -0.39 is 0 Å². The third-order valence-corrected chi connectivity index (χ3v) is 5.34. The molecule has 2 aliphatic rings. The second kappa shape index (κ2) is 11.5. The molecule has 162 valence electrons. The van der Waals surface area contributed by atoms with E-state index in [2.05, 4.69) is 23.1 Å². The van der Waals surface area contributed by atoms with Gasteiger partial charge in [-0.1, -0.05) is 18.1 Å². The monoisotopic (exact) mass is 412 g/mol. The first-order valence-electron chi connectivity index (χ1n) is 10.8. The zero-order valence-corrected chi connectivity index (χ0v) is 17.8. The van der Waals surface area contributed by atoms with Crippen molar-refractivity contribution in [3.63, 3.8) is 0 Å². The van der Waals surface area contributed by atoms with E-state index in [0.29, 0.717) is 26.2 Å². The fourth-order valence-corrected chi connectivity index (χ4v) is 3.71. The lowest BCUT2D eigenvalue weighted by Gasteiger charge is -2.37. The van der Waals surface area contributed by atoms with Gasteiger partial charge >= 0.3 is 0 Å². The predicted molar refractivity (Wildman–Crippen MR) is 118 cm³/mol. The molecule has 7 heteroatoms. The molecule has 2 heterocycles. The number of carbonyl (C=O) groups excluding carboxylic acids is 1. The number of benzene rings is 1. The van der Waals surface area contributed by atoms with E-state index in [9.17, 15) is 4.79 Å². The van der Waals surface area contributed by atoms with Crippen LogP contribution in [0.15, 0.2) is 29.3 Å². The lowest BCUT2D eigenvalue weighted by molar-refractivity contribution is -0.142. The van der Waals surface area contributed by atoms with Gasteiger partial charge in [0, 0.05) is 45.9 Å². The molecule has 0 bridgehead atoms. The lowest BCUT2D eigenvalue weighted by Crippen LogP contribution is -2.55. The summed E-state index contributed by atoms with van der Waals surface area (Å²) in [5.41, 5.74) is 1.20. The Morgan fingerprint density at radius 2 is 2.00 bits per heavy atom. The molecule has 1 N–H and O–H groups in total. The number of aliphatic imine (C=N–C) groups is 1. The number of hydrogen-bond donors (Lipinski definition) is 1. The molecule has 0 aromatic heterocycles. The topological polar surface area (TPSA) is 66.4 Å². The number of carbonyl (C=O) groups is 1. The van der Waals surface area contributed by atoms with E-state index in [1.54, 1.807) is 0 Å². The van der Waals surface area contributed by atoms with Crippen LogP contribution in [0.4, 0.5) is 0 Å². The van der Waals surface area contributed by atoms with Crippen LogP contribution in [0.3, 0.4) is 0 Å². The van der Waals surface area contributed by atoms with Crippen molar-refractivity contribution < 1.29 is 14.3 Å². The summed E-state index contributed by atoms with van der Waals surface area (Å²) in [5.74, 6) is 4.30. The zero-order valence-electron chi connectivity index (χ0n) is 17.8. The van der Waals surface area contributed by atoms with Crippen LogP contribution < -0.4 is 10.1 Å². The predicted octanol–water partition coefficient (Wildman–Crippen LogP) is 1.53. The van der Waals surface area contributed by atoms with Gasteiger partial charge in [0.25, 0.3) is 5.91 Å². The van der Waals surface area contributed by atoms with Crippen molar-refractivity contribution in [1.29, 1.82) is 0 Å². The fourth-order valence-electron chi connectivity index (χ4n) is 3.71. The number of nitrogens with zero attached hydrogens (tertiary/aromatic N) is 3. The van der Waals surface area contributed by atoms with Crippen LogP contribution in [0, 0.1) is 12.3 Å². The number of rotatable bonds is 7. The molecule has 2 fully saturated rings. The van der Waals surface area contributed by atoms with E-state index >= 15 is 0 Å². The Hall–Kier alpha value is -2.72. The summed E-state index contributed by atoms with van der Waals surface area (Å²) in [5, 5.41) is 3.38. The van der Waals surface area contributed by atoms with Crippen molar-refractivity contribution in [3.05, 3.63) is 29.8 Å². The van der Waals surface area contributed by atoms with Gasteiger partial charge in [-0.3, -0.25) is 9.79 Å². The molecule has 3 rings (SSSR count). The van der Waals surface area contributed by atoms with Crippen LogP contribution in [0.1, 0.15) is 25.3 Å². The normalized spacial score (nSPS) is 19.5. The van der Waals surface area contributed by atoms with E-state index in [4.69, 9.17) is 20.9 Å².